The van der Waals surface area contributed by atoms with E-state index in [1.165, 1.54) is 5.56 Å². The van der Waals surface area contributed by atoms with Crippen molar-refractivity contribution >= 4 is 47.6 Å². The van der Waals surface area contributed by atoms with Gasteiger partial charge in [-0.1, -0.05) is 23.7 Å². The van der Waals surface area contributed by atoms with Crippen molar-refractivity contribution in [1.82, 2.24) is 9.80 Å². The van der Waals surface area contributed by atoms with Crippen LogP contribution in [0.5, 0.6) is 0 Å². The van der Waals surface area contributed by atoms with Gasteiger partial charge >= 0.3 is 6.09 Å². The molecule has 8 heteroatoms. The van der Waals surface area contributed by atoms with Crippen LogP contribution in [-0.2, 0) is 11.2 Å². The number of carbonyl (C=O) groups is 1. The predicted octanol–water partition coefficient (Wildman–Crippen LogP) is 3.37. The Morgan fingerprint density at radius 1 is 1.15 bits per heavy atom. The third kappa shape index (κ3) is 7.57. The molecule has 6 nitrogen and oxygen atoms in total. The number of carbonyl (C=O) groups excluding carboxylic acids is 1. The van der Waals surface area contributed by atoms with Gasteiger partial charge in [-0.2, -0.15) is 0 Å². The second-order valence-corrected chi connectivity index (χ2v) is 7.51. The highest BCUT2D eigenvalue weighted by Crippen LogP contribution is 2.12. The van der Waals surface area contributed by atoms with Gasteiger partial charge in [0.15, 0.2) is 5.96 Å². The van der Waals surface area contributed by atoms with Crippen LogP contribution >= 0.6 is 35.6 Å². The first-order valence-electron chi connectivity index (χ1n) is 8.52. The van der Waals surface area contributed by atoms with Gasteiger partial charge in [0.2, 0.25) is 0 Å². The molecule has 146 valence electrons. The first-order valence-corrected chi connectivity index (χ1v) is 8.89. The summed E-state index contributed by atoms with van der Waals surface area (Å²) in [5, 5.41) is 0.731. The maximum atomic E-state index is 12.1. The molecule has 0 unspecified atom stereocenters. The van der Waals surface area contributed by atoms with Crippen LogP contribution in [0, 0.1) is 0 Å². The predicted molar refractivity (Wildman–Crippen MR) is 116 cm³/mol. The summed E-state index contributed by atoms with van der Waals surface area (Å²) in [4.78, 5) is 20.2. The fourth-order valence-electron chi connectivity index (χ4n) is 2.50. The number of nitrogens with two attached hydrogens (primary N) is 1. The molecule has 1 amide bonds. The maximum absolute atomic E-state index is 12.1. The highest BCUT2D eigenvalue weighted by molar-refractivity contribution is 14.0. The van der Waals surface area contributed by atoms with Crippen molar-refractivity contribution in [2.45, 2.75) is 32.8 Å². The van der Waals surface area contributed by atoms with Crippen LogP contribution in [0.25, 0.3) is 0 Å². The summed E-state index contributed by atoms with van der Waals surface area (Å²) < 4.78 is 5.39. The number of piperazine rings is 1. The Kier molecular flexibility index (Phi) is 8.95. The Morgan fingerprint density at radius 3 is 2.23 bits per heavy atom. The van der Waals surface area contributed by atoms with E-state index < -0.39 is 5.60 Å². The van der Waals surface area contributed by atoms with E-state index in [1.807, 2.05) is 49.9 Å². The van der Waals surface area contributed by atoms with Crippen molar-refractivity contribution in [3.8, 4) is 0 Å². The highest BCUT2D eigenvalue weighted by atomic mass is 127. The van der Waals surface area contributed by atoms with Gasteiger partial charge < -0.3 is 20.3 Å². The summed E-state index contributed by atoms with van der Waals surface area (Å²) in [7, 11) is 0. The average molecular weight is 495 g/mol. The minimum absolute atomic E-state index is 0. The monoisotopic (exact) mass is 494 g/mol. The number of guanidine groups is 1. The van der Waals surface area contributed by atoms with E-state index in [9.17, 15) is 4.79 Å². The molecule has 0 saturated carbocycles. The number of hydrogen-bond acceptors (Lipinski definition) is 3. The third-order valence-electron chi connectivity index (χ3n) is 3.84. The molecule has 1 fully saturated rings. The van der Waals surface area contributed by atoms with E-state index in [0.717, 1.165) is 11.4 Å². The fraction of sp³-hybridized carbons (Fsp3) is 0.556. The SMILES string of the molecule is CC(C)(C)OC(=O)N1CCN(C(N)=NCCc2ccc(Cl)cc2)CC1.I. The zero-order chi connectivity index (χ0) is 18.4. The topological polar surface area (TPSA) is 71.2 Å². The Labute approximate surface area is 177 Å². The Morgan fingerprint density at radius 2 is 1.69 bits per heavy atom. The van der Waals surface area contributed by atoms with E-state index in [4.69, 9.17) is 22.1 Å². The van der Waals surface area contributed by atoms with Crippen LogP contribution in [0.4, 0.5) is 4.79 Å². The zero-order valence-electron chi connectivity index (χ0n) is 15.6. The van der Waals surface area contributed by atoms with Gasteiger partial charge in [0.1, 0.15) is 5.60 Å². The van der Waals surface area contributed by atoms with Gasteiger partial charge in [0.25, 0.3) is 0 Å². The standard InChI is InChI=1S/C18H27ClN4O2.HI/c1-18(2,3)25-17(24)23-12-10-22(11-13-23)16(20)21-9-8-14-4-6-15(19)7-5-14;/h4-7H,8-13H2,1-3H3,(H2,20,21);1H. The molecule has 0 aliphatic carbocycles. The molecule has 2 N–H and O–H groups in total. The minimum Gasteiger partial charge on any atom is -0.444 e. The van der Waals surface area contributed by atoms with E-state index in [2.05, 4.69) is 4.99 Å². The zero-order valence-corrected chi connectivity index (χ0v) is 18.7. The van der Waals surface area contributed by atoms with E-state index in [-0.39, 0.29) is 30.1 Å². The average Bonchev–Trinajstić information content (AvgIpc) is 2.55. The summed E-state index contributed by atoms with van der Waals surface area (Å²) in [5.41, 5.74) is 6.78. The van der Waals surface area contributed by atoms with Crippen LogP contribution in [0.3, 0.4) is 0 Å². The van der Waals surface area contributed by atoms with Crippen molar-refractivity contribution in [2.75, 3.05) is 32.7 Å². The first kappa shape index (κ1) is 22.8. The second-order valence-electron chi connectivity index (χ2n) is 7.07. The Balaban J connectivity index is 0.00000338. The number of amides is 1. The smallest absolute Gasteiger partial charge is 0.410 e. The number of rotatable bonds is 3. The summed E-state index contributed by atoms with van der Waals surface area (Å²) in [6, 6.07) is 7.74. The van der Waals surface area contributed by atoms with Crippen molar-refractivity contribution in [2.24, 2.45) is 10.7 Å². The molecule has 2 rings (SSSR count). The lowest BCUT2D eigenvalue weighted by Gasteiger charge is -2.36. The molecule has 1 heterocycles. The van der Waals surface area contributed by atoms with Gasteiger partial charge in [-0.15, -0.1) is 24.0 Å². The molecule has 0 aromatic heterocycles. The highest BCUT2D eigenvalue weighted by Gasteiger charge is 2.26. The molecule has 1 saturated heterocycles. The third-order valence-corrected chi connectivity index (χ3v) is 4.09. The fourth-order valence-corrected chi connectivity index (χ4v) is 2.62. The second kappa shape index (κ2) is 10.2. The van der Waals surface area contributed by atoms with Gasteiger partial charge in [0, 0.05) is 37.7 Å². The molecule has 0 spiro atoms. The Hall–Kier alpha value is -1.22. The molecule has 26 heavy (non-hydrogen) atoms. The maximum Gasteiger partial charge on any atom is 0.410 e. The summed E-state index contributed by atoms with van der Waals surface area (Å²) >= 11 is 5.88. The number of hydrogen-bond donors (Lipinski definition) is 1. The van der Waals surface area contributed by atoms with Gasteiger partial charge in [-0.05, 0) is 44.9 Å². The van der Waals surface area contributed by atoms with Crippen LogP contribution < -0.4 is 5.73 Å². The van der Waals surface area contributed by atoms with E-state index in [0.29, 0.717) is 38.7 Å². The van der Waals surface area contributed by atoms with Crippen LogP contribution in [0.15, 0.2) is 29.3 Å². The lowest BCUT2D eigenvalue weighted by atomic mass is 10.1. The number of halogens is 2. The summed E-state index contributed by atoms with van der Waals surface area (Å²) in [6.45, 7) is 8.72. The van der Waals surface area contributed by atoms with Crippen LogP contribution in [0.1, 0.15) is 26.3 Å². The number of nitrogens with zero attached hydrogens (tertiary/aromatic N) is 3. The van der Waals surface area contributed by atoms with Gasteiger partial charge in [0.05, 0.1) is 0 Å². The van der Waals surface area contributed by atoms with Gasteiger partial charge in [-0.3, -0.25) is 4.99 Å². The summed E-state index contributed by atoms with van der Waals surface area (Å²) in [6.07, 6.45) is 0.542. The molecule has 0 atom stereocenters. The number of aliphatic imine (C=N–C) groups is 1. The molecule has 0 bridgehead atoms. The summed E-state index contributed by atoms with van der Waals surface area (Å²) in [5.74, 6) is 0.526. The van der Waals surface area contributed by atoms with E-state index in [1.54, 1.807) is 4.90 Å². The molecule has 1 aromatic carbocycles. The molecular formula is C18H28ClIN4O2. The molecule has 0 radical (unpaired) electrons. The van der Waals surface area contributed by atoms with Crippen molar-refractivity contribution in [1.29, 1.82) is 0 Å². The quantitative estimate of drug-likeness (QED) is 0.397. The lowest BCUT2D eigenvalue weighted by Crippen LogP contribution is -2.53. The molecule has 1 aliphatic rings. The normalized spacial score (nSPS) is 15.5. The first-order chi connectivity index (χ1) is 11.7. The minimum atomic E-state index is -0.476. The van der Waals surface area contributed by atoms with Crippen LogP contribution in [0.2, 0.25) is 5.02 Å². The molecule has 1 aromatic rings. The van der Waals surface area contributed by atoms with Crippen molar-refractivity contribution in [3.05, 3.63) is 34.9 Å². The number of benzene rings is 1. The van der Waals surface area contributed by atoms with Gasteiger partial charge in [-0.25, -0.2) is 4.79 Å². The number of ether oxygens (including phenoxy) is 1. The van der Waals surface area contributed by atoms with E-state index >= 15 is 0 Å². The van der Waals surface area contributed by atoms with Crippen LogP contribution in [-0.4, -0.2) is 60.2 Å². The van der Waals surface area contributed by atoms with Crippen molar-refractivity contribution < 1.29 is 9.53 Å². The Bertz CT molecular complexity index is 609. The molecular weight excluding hydrogens is 467 g/mol. The lowest BCUT2D eigenvalue weighted by molar-refractivity contribution is 0.0186. The van der Waals surface area contributed by atoms with Crippen molar-refractivity contribution in [3.63, 3.8) is 0 Å². The largest absolute Gasteiger partial charge is 0.444 e. The molecule has 1 aliphatic heterocycles.